The van der Waals surface area contributed by atoms with E-state index in [0.717, 1.165) is 37.4 Å². The molecule has 1 fully saturated rings. The molecule has 0 aliphatic heterocycles. The van der Waals surface area contributed by atoms with Crippen LogP contribution in [0.3, 0.4) is 0 Å². The smallest absolute Gasteiger partial charge is 0.490 e. The summed E-state index contributed by atoms with van der Waals surface area (Å²) < 4.78 is 46.3. The molecule has 7 nitrogen and oxygen atoms in total. The van der Waals surface area contributed by atoms with Gasteiger partial charge in [0.1, 0.15) is 5.75 Å². The van der Waals surface area contributed by atoms with Gasteiger partial charge in [0, 0.05) is 4.90 Å². The number of alkyl halides is 3. The average molecular weight is 401 g/mol. The Morgan fingerprint density at radius 1 is 1.19 bits per heavy atom. The molecule has 0 bridgehead atoms. The summed E-state index contributed by atoms with van der Waals surface area (Å²) in [6.45, 7) is 0. The molecular weight excluding hydrogens is 387 g/mol. The summed E-state index contributed by atoms with van der Waals surface area (Å²) in [6.07, 6.45) is -0.886. The van der Waals surface area contributed by atoms with Gasteiger partial charge in [0.2, 0.25) is 5.69 Å². The van der Waals surface area contributed by atoms with Crippen molar-refractivity contribution in [2.45, 2.75) is 47.9 Å². The van der Waals surface area contributed by atoms with Crippen molar-refractivity contribution in [3.8, 4) is 5.75 Å². The summed E-state index contributed by atoms with van der Waals surface area (Å²) in [7, 11) is 0. The van der Waals surface area contributed by atoms with E-state index in [1.165, 1.54) is 0 Å². The lowest BCUT2D eigenvalue weighted by Gasteiger charge is -2.13. The number of hydrogen-bond donors (Lipinski definition) is 1. The number of benzene rings is 1. The number of rotatable bonds is 5. The minimum absolute atomic E-state index is 0.0204. The first kappa shape index (κ1) is 19.2. The lowest BCUT2D eigenvalue weighted by Crippen LogP contribution is -2.28. The van der Waals surface area contributed by atoms with Crippen LogP contribution in [0.1, 0.15) is 36.2 Å². The van der Waals surface area contributed by atoms with Crippen molar-refractivity contribution in [3.63, 3.8) is 0 Å². The molecule has 1 saturated carbocycles. The summed E-state index contributed by atoms with van der Waals surface area (Å²) in [5.74, 6) is -3.50. The highest BCUT2D eigenvalue weighted by Crippen LogP contribution is 2.32. The largest absolute Gasteiger partial charge is 0.491 e. The van der Waals surface area contributed by atoms with E-state index in [2.05, 4.69) is 20.1 Å². The van der Waals surface area contributed by atoms with E-state index in [1.54, 1.807) is 24.3 Å². The number of H-pyrrole nitrogens is 1. The van der Waals surface area contributed by atoms with Crippen molar-refractivity contribution in [3.05, 3.63) is 30.0 Å². The van der Waals surface area contributed by atoms with E-state index < -0.39 is 23.8 Å². The van der Waals surface area contributed by atoms with Gasteiger partial charge in [-0.05, 0) is 43.9 Å². The molecule has 0 radical (unpaired) electrons. The number of aromatic amines is 1. The number of halogens is 3. The van der Waals surface area contributed by atoms with Crippen LogP contribution < -0.4 is 4.74 Å². The molecule has 1 N–H and O–H groups in total. The van der Waals surface area contributed by atoms with E-state index in [9.17, 15) is 22.8 Å². The maximum Gasteiger partial charge on any atom is 0.491 e. The molecule has 1 aliphatic carbocycles. The van der Waals surface area contributed by atoms with E-state index >= 15 is 0 Å². The first-order valence-corrected chi connectivity index (χ1v) is 8.83. The molecule has 0 spiro atoms. The molecule has 144 valence electrons. The van der Waals surface area contributed by atoms with Crippen LogP contribution in [-0.2, 0) is 9.53 Å². The van der Waals surface area contributed by atoms with Crippen LogP contribution in [0.5, 0.6) is 5.75 Å². The minimum atomic E-state index is -5.28. The topological polar surface area (TPSA) is 94.2 Å². The molecule has 1 aromatic heterocycles. The van der Waals surface area contributed by atoms with Crippen LogP contribution in [0.25, 0.3) is 0 Å². The SMILES string of the molecule is O=C(OC(=O)C(F)(F)F)c1n[nH]nc1Sc1cccc(OC2CCCC2)c1. The highest BCUT2D eigenvalue weighted by molar-refractivity contribution is 7.99. The summed E-state index contributed by atoms with van der Waals surface area (Å²) >= 11 is 0.978. The fraction of sp³-hybridized carbons (Fsp3) is 0.375. The zero-order valence-electron chi connectivity index (χ0n) is 13.8. The van der Waals surface area contributed by atoms with E-state index in [4.69, 9.17) is 4.74 Å². The van der Waals surface area contributed by atoms with Gasteiger partial charge in [-0.25, -0.2) is 9.59 Å². The molecule has 1 heterocycles. The van der Waals surface area contributed by atoms with Gasteiger partial charge in [0.25, 0.3) is 0 Å². The molecule has 0 saturated heterocycles. The van der Waals surface area contributed by atoms with E-state index in [0.29, 0.717) is 10.6 Å². The highest BCUT2D eigenvalue weighted by Gasteiger charge is 2.43. The maximum atomic E-state index is 12.2. The van der Waals surface area contributed by atoms with Crippen LogP contribution in [0.2, 0.25) is 0 Å². The third kappa shape index (κ3) is 5.00. The summed E-state index contributed by atoms with van der Waals surface area (Å²) in [5, 5.41) is 9.32. The Morgan fingerprint density at radius 2 is 1.93 bits per heavy atom. The molecule has 27 heavy (non-hydrogen) atoms. The molecule has 1 aromatic carbocycles. The van der Waals surface area contributed by atoms with Crippen LogP contribution in [0.4, 0.5) is 13.2 Å². The second-order valence-electron chi connectivity index (χ2n) is 5.75. The maximum absolute atomic E-state index is 12.2. The first-order chi connectivity index (χ1) is 12.8. The number of ether oxygens (including phenoxy) is 2. The second kappa shape index (κ2) is 7.99. The Hall–Kier alpha value is -2.56. The first-order valence-electron chi connectivity index (χ1n) is 8.01. The van der Waals surface area contributed by atoms with Crippen molar-refractivity contribution in [2.24, 2.45) is 0 Å². The number of carbonyl (C=O) groups excluding carboxylic acids is 2. The van der Waals surface area contributed by atoms with Crippen LogP contribution in [0.15, 0.2) is 34.2 Å². The van der Waals surface area contributed by atoms with Crippen LogP contribution in [-0.4, -0.2) is 39.6 Å². The van der Waals surface area contributed by atoms with Crippen LogP contribution in [0, 0.1) is 0 Å². The number of carbonyl (C=O) groups is 2. The number of esters is 2. The van der Waals surface area contributed by atoms with Gasteiger partial charge in [-0.2, -0.15) is 18.4 Å². The van der Waals surface area contributed by atoms with Crippen molar-refractivity contribution in [1.29, 1.82) is 0 Å². The van der Waals surface area contributed by atoms with Gasteiger partial charge in [0.05, 0.1) is 6.10 Å². The lowest BCUT2D eigenvalue weighted by atomic mass is 10.3. The predicted molar refractivity (Wildman–Crippen MR) is 86.3 cm³/mol. The van der Waals surface area contributed by atoms with Gasteiger partial charge in [-0.3, -0.25) is 0 Å². The zero-order chi connectivity index (χ0) is 19.4. The zero-order valence-corrected chi connectivity index (χ0v) is 14.6. The van der Waals surface area contributed by atoms with Gasteiger partial charge < -0.3 is 9.47 Å². The van der Waals surface area contributed by atoms with Crippen molar-refractivity contribution in [1.82, 2.24) is 15.4 Å². The number of nitrogens with zero attached hydrogens (tertiary/aromatic N) is 2. The van der Waals surface area contributed by atoms with Gasteiger partial charge in [-0.15, -0.1) is 10.2 Å². The highest BCUT2D eigenvalue weighted by atomic mass is 32.2. The van der Waals surface area contributed by atoms with Crippen LogP contribution >= 0.6 is 11.8 Å². The van der Waals surface area contributed by atoms with E-state index in [-0.39, 0.29) is 11.1 Å². The monoisotopic (exact) mass is 401 g/mol. The normalized spacial score (nSPS) is 14.9. The van der Waals surface area contributed by atoms with E-state index in [1.807, 2.05) is 0 Å². The summed E-state index contributed by atoms with van der Waals surface area (Å²) in [6, 6.07) is 6.99. The molecule has 1 aliphatic rings. The minimum Gasteiger partial charge on any atom is -0.490 e. The molecule has 0 unspecified atom stereocenters. The van der Waals surface area contributed by atoms with Crippen molar-refractivity contribution in [2.75, 3.05) is 0 Å². The Labute approximate surface area is 155 Å². The molecule has 2 aromatic rings. The fourth-order valence-corrected chi connectivity index (χ4v) is 3.39. The molecule has 0 atom stereocenters. The lowest BCUT2D eigenvalue weighted by molar-refractivity contribution is -0.193. The summed E-state index contributed by atoms with van der Waals surface area (Å²) in [4.78, 5) is 23.2. The van der Waals surface area contributed by atoms with Gasteiger partial charge in [0.15, 0.2) is 5.03 Å². The third-order valence-electron chi connectivity index (χ3n) is 3.75. The Balaban J connectivity index is 1.69. The molecular formula is C16H14F3N3O4S. The average Bonchev–Trinajstić information content (AvgIpc) is 3.26. The standard InChI is InChI=1S/C16H14F3N3O4S/c17-16(18,19)15(24)26-14(23)12-13(21-22-20-12)27-11-7-3-6-10(8-11)25-9-4-1-2-5-9/h3,6-9H,1-2,4-5H2,(H,20,21,22). The number of hydrogen-bond acceptors (Lipinski definition) is 7. The van der Waals surface area contributed by atoms with Crippen molar-refractivity contribution >= 4 is 23.7 Å². The molecule has 0 amide bonds. The predicted octanol–water partition coefficient (Wildman–Crippen LogP) is 3.52. The fourth-order valence-electron chi connectivity index (χ4n) is 2.54. The summed E-state index contributed by atoms with van der Waals surface area (Å²) in [5.41, 5.74) is -0.514. The number of aromatic nitrogens is 3. The Kier molecular flexibility index (Phi) is 5.68. The third-order valence-corrected chi connectivity index (χ3v) is 4.72. The van der Waals surface area contributed by atoms with Crippen molar-refractivity contribution < 1.29 is 32.2 Å². The molecule has 11 heteroatoms. The van der Waals surface area contributed by atoms with Gasteiger partial charge in [-0.1, -0.05) is 17.8 Å². The van der Waals surface area contributed by atoms with Gasteiger partial charge >= 0.3 is 18.1 Å². The second-order valence-corrected chi connectivity index (χ2v) is 6.82. The Morgan fingerprint density at radius 3 is 2.63 bits per heavy atom. The Bertz CT molecular complexity index is 834. The quantitative estimate of drug-likeness (QED) is 0.605. The molecule has 3 rings (SSSR count). The number of nitrogens with one attached hydrogen (secondary N) is 1.